The number of benzene rings is 2. The fraction of sp³-hybridized carbons (Fsp3) is 0.323. The highest BCUT2D eigenvalue weighted by atomic mass is 32.1. The van der Waals surface area contributed by atoms with Crippen molar-refractivity contribution in [3.05, 3.63) is 99.7 Å². The summed E-state index contributed by atoms with van der Waals surface area (Å²) in [6, 6.07) is 25.2. The van der Waals surface area contributed by atoms with Crippen molar-refractivity contribution in [1.29, 1.82) is 0 Å². The smallest absolute Gasteiger partial charge is 0.306 e. The van der Waals surface area contributed by atoms with Gasteiger partial charge in [-0.3, -0.25) is 9.69 Å². The second-order valence-electron chi connectivity index (χ2n) is 9.82. The quantitative estimate of drug-likeness (QED) is 0.189. The van der Waals surface area contributed by atoms with Crippen molar-refractivity contribution < 1.29 is 14.6 Å². The second kappa shape index (κ2) is 13.0. The fourth-order valence-corrected chi connectivity index (χ4v) is 6.38. The number of para-hydroxylation sites is 1. The Morgan fingerprint density at radius 3 is 2.54 bits per heavy atom. The van der Waals surface area contributed by atoms with Gasteiger partial charge in [0.2, 0.25) is 0 Å². The lowest BCUT2D eigenvalue weighted by Crippen LogP contribution is -2.29. The van der Waals surface area contributed by atoms with Gasteiger partial charge in [0.05, 0.1) is 5.92 Å². The molecule has 0 spiro atoms. The van der Waals surface area contributed by atoms with Gasteiger partial charge in [-0.15, -0.1) is 22.7 Å². The summed E-state index contributed by atoms with van der Waals surface area (Å²) in [6.45, 7) is 8.75. The van der Waals surface area contributed by atoms with E-state index in [2.05, 4.69) is 71.8 Å². The summed E-state index contributed by atoms with van der Waals surface area (Å²) in [7, 11) is 0. The van der Waals surface area contributed by atoms with E-state index in [0.29, 0.717) is 26.1 Å². The maximum Gasteiger partial charge on any atom is 0.306 e. The largest absolute Gasteiger partial charge is 0.489 e. The van der Waals surface area contributed by atoms with Crippen LogP contribution in [0.1, 0.15) is 41.8 Å². The van der Waals surface area contributed by atoms with Crippen molar-refractivity contribution in [2.75, 3.05) is 6.54 Å². The molecule has 0 aliphatic carbocycles. The first kappa shape index (κ1) is 27.1. The van der Waals surface area contributed by atoms with Crippen LogP contribution < -0.4 is 4.74 Å². The average molecular weight is 534 g/mol. The van der Waals surface area contributed by atoms with E-state index < -0.39 is 5.97 Å². The molecule has 1 unspecified atom stereocenters. The minimum atomic E-state index is -0.715. The average Bonchev–Trinajstić information content (AvgIpc) is 3.55. The Morgan fingerprint density at radius 2 is 1.81 bits per heavy atom. The number of thiophene rings is 2. The lowest BCUT2D eigenvalue weighted by Gasteiger charge is -2.26. The normalized spacial score (nSPS) is 12.2. The first-order chi connectivity index (χ1) is 17.9. The molecule has 0 radical (unpaired) electrons. The van der Waals surface area contributed by atoms with E-state index in [9.17, 15) is 9.90 Å². The molecular formula is C31H35NO3S2. The van der Waals surface area contributed by atoms with E-state index in [0.717, 1.165) is 23.4 Å². The van der Waals surface area contributed by atoms with E-state index in [-0.39, 0.29) is 11.8 Å². The van der Waals surface area contributed by atoms with Crippen LogP contribution in [0.4, 0.5) is 0 Å². The zero-order valence-corrected chi connectivity index (χ0v) is 23.4. The van der Waals surface area contributed by atoms with Gasteiger partial charge in [-0.2, -0.15) is 0 Å². The maximum atomic E-state index is 11.9. The molecule has 0 saturated heterocycles. The van der Waals surface area contributed by atoms with Gasteiger partial charge in [-0.25, -0.2) is 0 Å². The number of nitrogens with zero attached hydrogens (tertiary/aromatic N) is 1. The van der Waals surface area contributed by atoms with E-state index in [1.54, 1.807) is 11.3 Å². The van der Waals surface area contributed by atoms with Crippen LogP contribution in [0.2, 0.25) is 0 Å². The summed E-state index contributed by atoms with van der Waals surface area (Å²) in [5, 5.41) is 11.9. The summed E-state index contributed by atoms with van der Waals surface area (Å²) < 4.78 is 6.27. The predicted molar refractivity (Wildman–Crippen MR) is 154 cm³/mol. The van der Waals surface area contributed by atoms with Crippen LogP contribution in [0.3, 0.4) is 0 Å². The molecule has 0 fully saturated rings. The number of aryl methyl sites for hydroxylation is 1. The zero-order valence-electron chi connectivity index (χ0n) is 21.7. The SMILES string of the molecule is Cc1cccc(COc2ccccc2CN(CCC(C(=O)O)C(C)C)Cc2ccc(-c3cccs3)s2)c1. The number of aliphatic carboxylic acids is 1. The third kappa shape index (κ3) is 7.78. The Kier molecular flexibility index (Phi) is 9.56. The molecule has 0 amide bonds. The molecular weight excluding hydrogens is 498 g/mol. The van der Waals surface area contributed by atoms with Crippen LogP contribution >= 0.6 is 22.7 Å². The molecule has 4 aromatic rings. The molecule has 194 valence electrons. The number of carboxylic acid groups (broad SMARTS) is 1. The van der Waals surface area contributed by atoms with Crippen molar-refractivity contribution in [3.63, 3.8) is 0 Å². The maximum absolute atomic E-state index is 11.9. The minimum absolute atomic E-state index is 0.0940. The molecule has 6 heteroatoms. The third-order valence-corrected chi connectivity index (χ3v) is 8.66. The Hall–Kier alpha value is -2.93. The topological polar surface area (TPSA) is 49.8 Å². The monoisotopic (exact) mass is 533 g/mol. The van der Waals surface area contributed by atoms with Gasteiger partial charge in [0, 0.05) is 33.3 Å². The van der Waals surface area contributed by atoms with E-state index in [1.165, 1.54) is 20.2 Å². The predicted octanol–water partition coefficient (Wildman–Crippen LogP) is 8.11. The van der Waals surface area contributed by atoms with Crippen LogP contribution in [-0.4, -0.2) is 22.5 Å². The van der Waals surface area contributed by atoms with Crippen molar-refractivity contribution in [2.45, 2.75) is 46.9 Å². The summed E-state index contributed by atoms with van der Waals surface area (Å²) in [4.78, 5) is 18.1. The van der Waals surface area contributed by atoms with Gasteiger partial charge in [0.15, 0.2) is 0 Å². The third-order valence-electron chi connectivity index (χ3n) is 6.53. The highest BCUT2D eigenvalue weighted by molar-refractivity contribution is 7.21. The lowest BCUT2D eigenvalue weighted by molar-refractivity contribution is -0.143. The Balaban J connectivity index is 1.51. The number of carboxylic acids is 1. The van der Waals surface area contributed by atoms with Gasteiger partial charge in [-0.1, -0.05) is 67.9 Å². The number of ether oxygens (including phenoxy) is 1. The highest BCUT2D eigenvalue weighted by Crippen LogP contribution is 2.33. The van der Waals surface area contributed by atoms with E-state index in [4.69, 9.17) is 4.74 Å². The van der Waals surface area contributed by atoms with Crippen LogP contribution in [0, 0.1) is 18.8 Å². The summed E-state index contributed by atoms with van der Waals surface area (Å²) in [5.74, 6) is -0.108. The van der Waals surface area contributed by atoms with Crippen LogP contribution in [0.25, 0.3) is 9.75 Å². The molecule has 4 rings (SSSR count). The molecule has 2 heterocycles. The fourth-order valence-electron chi connectivity index (χ4n) is 4.49. The van der Waals surface area contributed by atoms with Gasteiger partial charge in [-0.05, 0) is 61.0 Å². The highest BCUT2D eigenvalue weighted by Gasteiger charge is 2.23. The van der Waals surface area contributed by atoms with Crippen molar-refractivity contribution in [3.8, 4) is 15.5 Å². The van der Waals surface area contributed by atoms with Gasteiger partial charge >= 0.3 is 5.97 Å². The molecule has 0 aliphatic heterocycles. The molecule has 1 atom stereocenters. The summed E-state index contributed by atoms with van der Waals surface area (Å²) >= 11 is 3.56. The second-order valence-corrected chi connectivity index (χ2v) is 11.9. The van der Waals surface area contributed by atoms with Crippen LogP contribution in [-0.2, 0) is 24.5 Å². The molecule has 2 aromatic carbocycles. The molecule has 0 saturated carbocycles. The molecule has 1 N–H and O–H groups in total. The number of hydrogen-bond acceptors (Lipinski definition) is 5. The van der Waals surface area contributed by atoms with Gasteiger partial charge in [0.1, 0.15) is 12.4 Å². The number of carbonyl (C=O) groups is 1. The molecule has 0 aliphatic rings. The number of hydrogen-bond donors (Lipinski definition) is 1. The summed E-state index contributed by atoms with van der Waals surface area (Å²) in [5.41, 5.74) is 3.48. The minimum Gasteiger partial charge on any atom is -0.489 e. The molecule has 4 nitrogen and oxygen atoms in total. The Labute approximate surface area is 228 Å². The van der Waals surface area contributed by atoms with E-state index in [1.807, 2.05) is 43.4 Å². The molecule has 0 bridgehead atoms. The Morgan fingerprint density at radius 1 is 0.973 bits per heavy atom. The Bertz CT molecular complexity index is 1280. The lowest BCUT2D eigenvalue weighted by atomic mass is 9.92. The van der Waals surface area contributed by atoms with Crippen molar-refractivity contribution in [2.24, 2.45) is 11.8 Å². The van der Waals surface area contributed by atoms with E-state index >= 15 is 0 Å². The number of rotatable bonds is 13. The zero-order chi connectivity index (χ0) is 26.2. The molecule has 37 heavy (non-hydrogen) atoms. The standard InChI is InChI=1S/C31H35NO3S2/c1-22(2)27(31(33)34)15-16-32(20-26-13-14-30(37-26)29-12-7-17-36-29)19-25-10-4-5-11-28(25)35-21-24-9-6-8-23(3)18-24/h4-14,17-18,22,27H,15-16,19-21H2,1-3H3,(H,33,34). The summed E-state index contributed by atoms with van der Waals surface area (Å²) in [6.07, 6.45) is 0.614. The van der Waals surface area contributed by atoms with Crippen LogP contribution in [0.5, 0.6) is 5.75 Å². The van der Waals surface area contributed by atoms with Crippen molar-refractivity contribution >= 4 is 28.6 Å². The van der Waals surface area contributed by atoms with Crippen LogP contribution in [0.15, 0.2) is 78.2 Å². The van der Waals surface area contributed by atoms with Gasteiger partial charge < -0.3 is 9.84 Å². The van der Waals surface area contributed by atoms with Crippen molar-refractivity contribution in [1.82, 2.24) is 4.90 Å². The molecule has 2 aromatic heterocycles. The van der Waals surface area contributed by atoms with Gasteiger partial charge in [0.25, 0.3) is 0 Å². The first-order valence-electron chi connectivity index (χ1n) is 12.7. The first-order valence-corrected chi connectivity index (χ1v) is 14.4.